The van der Waals surface area contributed by atoms with E-state index in [1.165, 1.54) is 0 Å². The highest BCUT2D eigenvalue weighted by Crippen LogP contribution is 2.17. The quantitative estimate of drug-likeness (QED) is 0.307. The number of hydrogen-bond acceptors (Lipinski definition) is 4. The van der Waals surface area contributed by atoms with E-state index in [1.807, 2.05) is 31.2 Å². The molecule has 0 aliphatic rings. The molecule has 0 heterocycles. The Morgan fingerprint density at radius 3 is 2.94 bits per heavy atom. The summed E-state index contributed by atoms with van der Waals surface area (Å²) in [7, 11) is 1.61. The van der Waals surface area contributed by atoms with Crippen LogP contribution >= 0.6 is 0 Å². The van der Waals surface area contributed by atoms with Gasteiger partial charge in [-0.15, -0.1) is 0 Å². The van der Waals surface area contributed by atoms with Gasteiger partial charge in [-0.05, 0) is 18.6 Å². The van der Waals surface area contributed by atoms with Crippen molar-refractivity contribution >= 4 is 11.5 Å². The van der Waals surface area contributed by atoms with Crippen molar-refractivity contribution < 1.29 is 9.94 Å². The van der Waals surface area contributed by atoms with Gasteiger partial charge in [0.2, 0.25) is 0 Å². The van der Waals surface area contributed by atoms with E-state index in [0.717, 1.165) is 17.9 Å². The number of amidine groups is 1. The highest BCUT2D eigenvalue weighted by Gasteiger charge is 2.11. The van der Waals surface area contributed by atoms with E-state index < -0.39 is 0 Å². The lowest BCUT2D eigenvalue weighted by Gasteiger charge is -2.16. The van der Waals surface area contributed by atoms with Crippen LogP contribution in [0.2, 0.25) is 0 Å². The number of nitrogens with one attached hydrogen (secondary N) is 1. The Balaban J connectivity index is 2.77. The third kappa shape index (κ3) is 3.05. The molecule has 0 amide bonds. The van der Waals surface area contributed by atoms with Gasteiger partial charge < -0.3 is 21.0 Å². The second-order valence-electron chi connectivity index (χ2n) is 3.36. The topological polar surface area (TPSA) is 79.9 Å². The van der Waals surface area contributed by atoms with Crippen LogP contribution in [-0.4, -0.2) is 24.2 Å². The third-order valence-corrected chi connectivity index (χ3v) is 2.29. The van der Waals surface area contributed by atoms with Crippen molar-refractivity contribution in [2.75, 3.05) is 12.4 Å². The SMILES string of the molecule is CCC(Nc1cccc(OC)c1)C(N)=NO. The fourth-order valence-electron chi connectivity index (χ4n) is 1.37. The van der Waals surface area contributed by atoms with E-state index in [0.29, 0.717) is 0 Å². The molecule has 0 spiro atoms. The lowest BCUT2D eigenvalue weighted by atomic mass is 10.2. The maximum Gasteiger partial charge on any atom is 0.161 e. The molecule has 5 nitrogen and oxygen atoms in total. The Morgan fingerprint density at radius 1 is 1.62 bits per heavy atom. The smallest absolute Gasteiger partial charge is 0.161 e. The van der Waals surface area contributed by atoms with Gasteiger partial charge in [0.05, 0.1) is 13.2 Å². The Morgan fingerprint density at radius 2 is 2.38 bits per heavy atom. The minimum atomic E-state index is -0.183. The van der Waals surface area contributed by atoms with Gasteiger partial charge in [0.25, 0.3) is 0 Å². The van der Waals surface area contributed by atoms with Gasteiger partial charge in [-0.3, -0.25) is 0 Å². The number of anilines is 1. The molecule has 1 atom stereocenters. The van der Waals surface area contributed by atoms with E-state index in [9.17, 15) is 0 Å². The summed E-state index contributed by atoms with van der Waals surface area (Å²) in [6.45, 7) is 1.95. The predicted molar refractivity (Wildman–Crippen MR) is 64.1 cm³/mol. The minimum Gasteiger partial charge on any atom is -0.497 e. The maximum atomic E-state index is 8.61. The zero-order chi connectivity index (χ0) is 12.0. The van der Waals surface area contributed by atoms with Gasteiger partial charge in [-0.1, -0.05) is 18.1 Å². The van der Waals surface area contributed by atoms with Crippen LogP contribution < -0.4 is 15.8 Å². The number of rotatable bonds is 5. The number of benzene rings is 1. The molecule has 1 aromatic carbocycles. The van der Waals surface area contributed by atoms with Gasteiger partial charge in [0, 0.05) is 11.8 Å². The van der Waals surface area contributed by atoms with Gasteiger partial charge in [-0.25, -0.2) is 0 Å². The first-order chi connectivity index (χ1) is 7.71. The van der Waals surface area contributed by atoms with Crippen molar-refractivity contribution in [3.05, 3.63) is 24.3 Å². The second kappa shape index (κ2) is 5.85. The van der Waals surface area contributed by atoms with Gasteiger partial charge in [-0.2, -0.15) is 0 Å². The highest BCUT2D eigenvalue weighted by molar-refractivity contribution is 5.87. The van der Waals surface area contributed by atoms with Crippen LogP contribution in [0.25, 0.3) is 0 Å². The molecule has 1 unspecified atom stereocenters. The molecule has 0 bridgehead atoms. The zero-order valence-corrected chi connectivity index (χ0v) is 9.47. The summed E-state index contributed by atoms with van der Waals surface area (Å²) in [4.78, 5) is 0. The molecule has 0 aromatic heterocycles. The largest absolute Gasteiger partial charge is 0.497 e. The Hall–Kier alpha value is -1.91. The van der Waals surface area contributed by atoms with Gasteiger partial charge >= 0.3 is 0 Å². The fraction of sp³-hybridized carbons (Fsp3) is 0.364. The third-order valence-electron chi connectivity index (χ3n) is 2.29. The van der Waals surface area contributed by atoms with Crippen LogP contribution in [0.1, 0.15) is 13.3 Å². The monoisotopic (exact) mass is 223 g/mol. The lowest BCUT2D eigenvalue weighted by Crippen LogP contribution is -2.35. The Bertz CT molecular complexity index is 366. The Kier molecular flexibility index (Phi) is 4.44. The van der Waals surface area contributed by atoms with Gasteiger partial charge in [0.1, 0.15) is 5.75 Å². The number of methoxy groups -OCH3 is 1. The molecule has 5 heteroatoms. The molecule has 0 aliphatic carbocycles. The fourth-order valence-corrected chi connectivity index (χ4v) is 1.37. The zero-order valence-electron chi connectivity index (χ0n) is 9.47. The van der Waals surface area contributed by atoms with Crippen molar-refractivity contribution in [1.29, 1.82) is 0 Å². The number of hydrogen-bond donors (Lipinski definition) is 3. The molecule has 1 rings (SSSR count). The molecule has 88 valence electrons. The molecule has 0 radical (unpaired) electrons. The summed E-state index contributed by atoms with van der Waals surface area (Å²) in [5, 5.41) is 14.8. The average Bonchev–Trinajstić information content (AvgIpc) is 2.35. The highest BCUT2D eigenvalue weighted by atomic mass is 16.5. The van der Waals surface area contributed by atoms with Crippen LogP contribution in [0.4, 0.5) is 5.69 Å². The number of oxime groups is 1. The first-order valence-electron chi connectivity index (χ1n) is 5.09. The predicted octanol–water partition coefficient (Wildman–Crippen LogP) is 1.63. The summed E-state index contributed by atoms with van der Waals surface area (Å²) in [6.07, 6.45) is 0.729. The summed E-state index contributed by atoms with van der Waals surface area (Å²) in [5.74, 6) is 0.935. The normalized spacial score (nSPS) is 13.2. The second-order valence-corrected chi connectivity index (χ2v) is 3.36. The molecule has 1 aromatic rings. The maximum absolute atomic E-state index is 8.61. The molecule has 16 heavy (non-hydrogen) atoms. The van der Waals surface area contributed by atoms with Crippen molar-refractivity contribution in [3.63, 3.8) is 0 Å². The molecule has 0 saturated carbocycles. The van der Waals surface area contributed by atoms with Crippen molar-refractivity contribution in [2.24, 2.45) is 10.9 Å². The number of nitrogens with zero attached hydrogens (tertiary/aromatic N) is 1. The van der Waals surface area contributed by atoms with Gasteiger partial charge in [0.15, 0.2) is 5.84 Å². The molecule has 0 saturated heterocycles. The van der Waals surface area contributed by atoms with Crippen molar-refractivity contribution in [1.82, 2.24) is 0 Å². The summed E-state index contributed by atoms with van der Waals surface area (Å²) >= 11 is 0. The molecule has 0 fully saturated rings. The first-order valence-corrected chi connectivity index (χ1v) is 5.09. The number of nitrogens with two attached hydrogens (primary N) is 1. The summed E-state index contributed by atoms with van der Waals surface area (Å²) < 4.78 is 5.11. The first kappa shape index (κ1) is 12.2. The molecule has 0 aliphatic heterocycles. The standard InChI is InChI=1S/C11H17N3O2/c1-3-10(11(12)14-15)13-8-5-4-6-9(7-8)16-2/h4-7,10,13,15H,3H2,1-2H3,(H2,12,14). The van der Waals surface area contributed by atoms with Crippen LogP contribution in [0.15, 0.2) is 29.4 Å². The Labute approximate surface area is 94.9 Å². The van der Waals surface area contributed by atoms with E-state index >= 15 is 0 Å². The average molecular weight is 223 g/mol. The van der Waals surface area contributed by atoms with Crippen molar-refractivity contribution in [2.45, 2.75) is 19.4 Å². The van der Waals surface area contributed by atoms with Crippen LogP contribution in [0.5, 0.6) is 5.75 Å². The summed E-state index contributed by atoms with van der Waals surface area (Å²) in [6, 6.07) is 7.30. The minimum absolute atomic E-state index is 0.172. The summed E-state index contributed by atoms with van der Waals surface area (Å²) in [5.41, 5.74) is 6.43. The van der Waals surface area contributed by atoms with E-state index in [-0.39, 0.29) is 11.9 Å². The molecular weight excluding hydrogens is 206 g/mol. The lowest BCUT2D eigenvalue weighted by molar-refractivity contribution is 0.316. The molecular formula is C11H17N3O2. The van der Waals surface area contributed by atoms with E-state index in [1.54, 1.807) is 7.11 Å². The van der Waals surface area contributed by atoms with E-state index in [4.69, 9.17) is 15.7 Å². The van der Waals surface area contributed by atoms with Crippen molar-refractivity contribution in [3.8, 4) is 5.75 Å². The van der Waals surface area contributed by atoms with Crippen LogP contribution in [-0.2, 0) is 0 Å². The van der Waals surface area contributed by atoms with E-state index in [2.05, 4.69) is 10.5 Å². The number of ether oxygens (including phenoxy) is 1. The van der Waals surface area contributed by atoms with Crippen LogP contribution in [0, 0.1) is 0 Å². The molecule has 4 N–H and O–H groups in total. The van der Waals surface area contributed by atoms with Crippen LogP contribution in [0.3, 0.4) is 0 Å².